The first-order valence-corrected chi connectivity index (χ1v) is 11.8. The van der Waals surface area contributed by atoms with Crippen molar-refractivity contribution in [3.05, 3.63) is 29.1 Å². The van der Waals surface area contributed by atoms with Crippen LogP contribution >= 0.6 is 11.3 Å². The number of alkyl carbamates (subject to hydrolysis) is 1. The van der Waals surface area contributed by atoms with Gasteiger partial charge in [0.05, 0.1) is 5.69 Å². The van der Waals surface area contributed by atoms with Crippen LogP contribution in [0.15, 0.2) is 24.3 Å². The van der Waals surface area contributed by atoms with Crippen molar-refractivity contribution in [1.29, 1.82) is 0 Å². The third-order valence-corrected chi connectivity index (χ3v) is 4.88. The maximum Gasteiger partial charge on any atom is 0.707 e. The molecule has 0 aliphatic heterocycles. The number of carbonyl (C=O) groups is 2. The van der Waals surface area contributed by atoms with Crippen molar-refractivity contribution in [3.8, 4) is 17.0 Å². The fourth-order valence-corrected chi connectivity index (χ4v) is 3.69. The van der Waals surface area contributed by atoms with Gasteiger partial charge in [0.15, 0.2) is 5.13 Å². The van der Waals surface area contributed by atoms with Crippen LogP contribution in [0.3, 0.4) is 0 Å². The van der Waals surface area contributed by atoms with Crippen LogP contribution in [0.4, 0.5) is 14.7 Å². The number of amides is 2. The second-order valence-corrected chi connectivity index (χ2v) is 10.6. The van der Waals surface area contributed by atoms with Crippen molar-refractivity contribution >= 4 is 36.0 Å². The molecule has 11 nitrogen and oxygen atoms in total. The number of rotatable bonds is 9. The monoisotopic (exact) mass is 508 g/mol. The predicted octanol–water partition coefficient (Wildman–Crippen LogP) is 3.12. The van der Waals surface area contributed by atoms with E-state index in [0.29, 0.717) is 36.0 Å². The molecule has 1 aromatic heterocycles. The number of hydrogen-bond donors (Lipinski definition) is 5. The molecule has 192 valence electrons. The van der Waals surface area contributed by atoms with E-state index in [2.05, 4.69) is 20.9 Å². The quantitative estimate of drug-likeness (QED) is 0.254. The minimum atomic E-state index is -1.95. The Labute approximate surface area is 209 Å². The highest BCUT2D eigenvalue weighted by atomic mass is 32.1. The summed E-state index contributed by atoms with van der Waals surface area (Å²) in [5.41, 5.74) is -0.00416. The lowest BCUT2D eigenvalue weighted by molar-refractivity contribution is 0.0527. The standard InChI is InChI=1S/C22H33BN4O7S/c1-21(2,3)32-19(28)25-11-10-24-13-16-17(14-8-7-9-15(12-14)34-23(30)31)26-18(35-16)27-20(29)33-22(4,5)6/h7-9,12,24,30-31H,10-11,13H2,1-6H3,(H,25,28)(H,26,27,29). The first-order chi connectivity index (χ1) is 16.2. The van der Waals surface area contributed by atoms with Crippen LogP contribution in [0.1, 0.15) is 46.4 Å². The summed E-state index contributed by atoms with van der Waals surface area (Å²) in [7, 11) is -1.95. The summed E-state index contributed by atoms with van der Waals surface area (Å²) in [4.78, 5) is 29.3. The van der Waals surface area contributed by atoms with Gasteiger partial charge in [0.2, 0.25) is 0 Å². The SMILES string of the molecule is CC(C)(C)OC(=O)NCCNCc1sc(NC(=O)OC(C)(C)C)nc1-c1cccc(OB(O)O)c1. The molecule has 2 rings (SSSR count). The maximum atomic E-state index is 12.2. The van der Waals surface area contributed by atoms with Crippen LogP contribution in [0, 0.1) is 0 Å². The minimum Gasteiger partial charge on any atom is -0.512 e. The Morgan fingerprint density at radius 1 is 1.03 bits per heavy atom. The number of thiazole rings is 1. The summed E-state index contributed by atoms with van der Waals surface area (Å²) in [6.45, 7) is 11.9. The Morgan fingerprint density at radius 3 is 2.31 bits per heavy atom. The van der Waals surface area contributed by atoms with E-state index in [1.165, 1.54) is 11.3 Å². The molecule has 0 radical (unpaired) electrons. The van der Waals surface area contributed by atoms with Gasteiger partial charge >= 0.3 is 19.5 Å². The molecule has 0 atom stereocenters. The van der Waals surface area contributed by atoms with Crippen LogP contribution in [0.5, 0.6) is 5.75 Å². The molecule has 2 amide bonds. The summed E-state index contributed by atoms with van der Waals surface area (Å²) in [5, 5.41) is 27.1. The van der Waals surface area contributed by atoms with Gasteiger partial charge < -0.3 is 34.8 Å². The molecule has 0 saturated heterocycles. The van der Waals surface area contributed by atoms with Crippen molar-refractivity contribution in [2.45, 2.75) is 59.3 Å². The number of hydrogen-bond acceptors (Lipinski definition) is 10. The van der Waals surface area contributed by atoms with Gasteiger partial charge in [0.1, 0.15) is 17.0 Å². The highest BCUT2D eigenvalue weighted by Crippen LogP contribution is 2.33. The van der Waals surface area contributed by atoms with E-state index in [9.17, 15) is 9.59 Å². The number of aromatic nitrogens is 1. The van der Waals surface area contributed by atoms with Crippen LogP contribution in [0.25, 0.3) is 11.3 Å². The average molecular weight is 508 g/mol. The first kappa shape index (κ1) is 28.4. The Balaban J connectivity index is 2.12. The molecular formula is C22H33BN4O7S. The van der Waals surface area contributed by atoms with Crippen molar-refractivity contribution in [3.63, 3.8) is 0 Å². The number of nitrogens with one attached hydrogen (secondary N) is 3. The zero-order valence-electron chi connectivity index (χ0n) is 20.8. The smallest absolute Gasteiger partial charge is 0.512 e. The minimum absolute atomic E-state index is 0.243. The highest BCUT2D eigenvalue weighted by molar-refractivity contribution is 7.16. The van der Waals surface area contributed by atoms with Crippen LogP contribution in [-0.2, 0) is 16.0 Å². The molecule has 5 N–H and O–H groups in total. The predicted molar refractivity (Wildman–Crippen MR) is 134 cm³/mol. The number of benzene rings is 1. The van der Waals surface area contributed by atoms with E-state index in [4.69, 9.17) is 24.2 Å². The highest BCUT2D eigenvalue weighted by Gasteiger charge is 2.20. The summed E-state index contributed by atoms with van der Waals surface area (Å²) < 4.78 is 15.5. The molecule has 1 aromatic carbocycles. The third-order valence-electron chi connectivity index (χ3n) is 3.91. The molecule has 1 heterocycles. The number of nitrogens with zero attached hydrogens (tertiary/aromatic N) is 1. The van der Waals surface area contributed by atoms with Gasteiger partial charge in [-0.05, 0) is 53.7 Å². The zero-order valence-corrected chi connectivity index (χ0v) is 21.6. The average Bonchev–Trinajstić information content (AvgIpc) is 3.06. The Hall–Kier alpha value is -2.87. The van der Waals surface area contributed by atoms with E-state index in [1.807, 2.05) is 0 Å². The molecular weight excluding hydrogens is 475 g/mol. The maximum absolute atomic E-state index is 12.2. The first-order valence-electron chi connectivity index (χ1n) is 11.0. The molecule has 0 spiro atoms. The Kier molecular flexibility index (Phi) is 9.89. The van der Waals surface area contributed by atoms with Crippen LogP contribution in [0.2, 0.25) is 0 Å². The Bertz CT molecular complexity index is 1000. The summed E-state index contributed by atoms with van der Waals surface area (Å²) in [5.74, 6) is 0.243. The topological polar surface area (TPSA) is 151 Å². The van der Waals surface area contributed by atoms with E-state index < -0.39 is 30.7 Å². The van der Waals surface area contributed by atoms with Crippen LogP contribution < -0.4 is 20.6 Å². The molecule has 2 aromatic rings. The number of carbonyl (C=O) groups excluding carboxylic acids is 2. The van der Waals surface area contributed by atoms with E-state index >= 15 is 0 Å². The molecule has 35 heavy (non-hydrogen) atoms. The molecule has 0 saturated carbocycles. The summed E-state index contributed by atoms with van der Waals surface area (Å²) in [6.07, 6.45) is -1.12. The number of ether oxygens (including phenoxy) is 2. The van der Waals surface area contributed by atoms with E-state index in [1.54, 1.807) is 65.8 Å². The lowest BCUT2D eigenvalue weighted by atomic mass is 10.1. The number of anilines is 1. The van der Waals surface area contributed by atoms with Gasteiger partial charge in [-0.1, -0.05) is 23.5 Å². The largest absolute Gasteiger partial charge is 0.707 e. The van der Waals surface area contributed by atoms with Crippen molar-refractivity contribution in [1.82, 2.24) is 15.6 Å². The second-order valence-electron chi connectivity index (χ2n) is 9.50. The second kappa shape index (κ2) is 12.2. The van der Waals surface area contributed by atoms with Crippen molar-refractivity contribution in [2.75, 3.05) is 18.4 Å². The molecule has 13 heteroatoms. The van der Waals surface area contributed by atoms with Crippen LogP contribution in [-0.4, -0.2) is 58.8 Å². The lowest BCUT2D eigenvalue weighted by Gasteiger charge is -2.19. The normalized spacial score (nSPS) is 11.5. The van der Waals surface area contributed by atoms with Crippen molar-refractivity contribution in [2.24, 2.45) is 0 Å². The fourth-order valence-electron chi connectivity index (χ4n) is 2.75. The summed E-state index contributed by atoms with van der Waals surface area (Å²) in [6, 6.07) is 6.67. The molecule has 0 aliphatic rings. The molecule has 0 unspecified atom stereocenters. The van der Waals surface area contributed by atoms with Gasteiger partial charge in [-0.25, -0.2) is 14.6 Å². The van der Waals surface area contributed by atoms with Gasteiger partial charge in [-0.2, -0.15) is 0 Å². The molecule has 0 bridgehead atoms. The lowest BCUT2D eigenvalue weighted by Crippen LogP contribution is -2.36. The van der Waals surface area contributed by atoms with Gasteiger partial charge in [0, 0.05) is 30.1 Å². The van der Waals surface area contributed by atoms with E-state index in [-0.39, 0.29) is 5.75 Å². The molecule has 0 aliphatic carbocycles. The fraction of sp³-hybridized carbons (Fsp3) is 0.500. The van der Waals surface area contributed by atoms with Gasteiger partial charge in [-0.3, -0.25) is 5.32 Å². The third kappa shape index (κ3) is 10.9. The van der Waals surface area contributed by atoms with Crippen molar-refractivity contribution < 1.29 is 33.8 Å². The summed E-state index contributed by atoms with van der Waals surface area (Å²) >= 11 is 1.26. The Morgan fingerprint density at radius 2 is 1.69 bits per heavy atom. The zero-order chi connectivity index (χ0) is 26.2. The van der Waals surface area contributed by atoms with Gasteiger partial charge in [0.25, 0.3) is 0 Å². The van der Waals surface area contributed by atoms with E-state index in [0.717, 1.165) is 4.88 Å². The molecule has 0 fully saturated rings. The van der Waals surface area contributed by atoms with Gasteiger partial charge in [-0.15, -0.1) is 0 Å².